The summed E-state index contributed by atoms with van der Waals surface area (Å²) in [7, 11) is 2.93. The molecule has 112 valence electrons. The number of carbonyl (C=O) groups is 1. The molecule has 0 aliphatic rings. The van der Waals surface area contributed by atoms with Gasteiger partial charge in [0, 0.05) is 6.07 Å². The second-order valence-corrected chi connectivity index (χ2v) is 4.28. The Bertz CT molecular complexity index is 614. The van der Waals surface area contributed by atoms with Crippen LogP contribution in [-0.2, 0) is 0 Å². The van der Waals surface area contributed by atoms with Crippen LogP contribution in [0.5, 0.6) is 11.5 Å². The first-order chi connectivity index (χ1) is 10.1. The number of anilines is 1. The van der Waals surface area contributed by atoms with Crippen molar-refractivity contribution in [3.8, 4) is 11.5 Å². The average molecular weight is 292 g/mol. The van der Waals surface area contributed by atoms with Gasteiger partial charge < -0.3 is 19.1 Å². The molecule has 0 aliphatic heterocycles. The number of nitrogens with one attached hydrogen (secondary N) is 1. The number of aromatic nitrogens is 1. The topological polar surface area (TPSA) is 93.8 Å². The van der Waals surface area contributed by atoms with Gasteiger partial charge in [0.2, 0.25) is 5.88 Å². The zero-order chi connectivity index (χ0) is 15.4. The number of aliphatic hydroxyl groups excluding tert-OH is 1. The number of benzene rings is 1. The summed E-state index contributed by atoms with van der Waals surface area (Å²) in [5.74, 6) is 0.422. The molecule has 2 rings (SSSR count). The molecule has 0 saturated carbocycles. The highest BCUT2D eigenvalue weighted by Crippen LogP contribution is 2.29. The molecule has 1 atom stereocenters. The van der Waals surface area contributed by atoms with Crippen LogP contribution in [0.15, 0.2) is 28.8 Å². The molecule has 1 unspecified atom stereocenters. The summed E-state index contributed by atoms with van der Waals surface area (Å²) in [6.07, 6.45) is -0.778. The van der Waals surface area contributed by atoms with E-state index in [1.54, 1.807) is 25.1 Å². The first kappa shape index (κ1) is 14.9. The van der Waals surface area contributed by atoms with Crippen LogP contribution in [0.2, 0.25) is 0 Å². The second kappa shape index (κ2) is 6.27. The first-order valence-corrected chi connectivity index (χ1v) is 6.23. The molecular formula is C14H16N2O5. The smallest absolute Gasteiger partial charge is 0.265 e. The monoisotopic (exact) mass is 292 g/mol. The number of amides is 1. The fourth-order valence-corrected chi connectivity index (χ4v) is 1.79. The quantitative estimate of drug-likeness (QED) is 0.875. The lowest BCUT2D eigenvalue weighted by atomic mass is 10.1. The third-order valence-electron chi connectivity index (χ3n) is 2.85. The molecule has 2 aromatic rings. The fourth-order valence-electron chi connectivity index (χ4n) is 1.79. The standard InChI is InChI=1S/C14H16N2O5/c1-8(17)9-7-12(21-16-9)15-14(18)13-10(19-2)5-4-6-11(13)20-3/h4-8,17H,1-3H3,(H,15,18). The summed E-state index contributed by atoms with van der Waals surface area (Å²) in [4.78, 5) is 12.3. The maximum Gasteiger partial charge on any atom is 0.265 e. The van der Waals surface area contributed by atoms with Crippen LogP contribution in [0.3, 0.4) is 0 Å². The van der Waals surface area contributed by atoms with Crippen LogP contribution >= 0.6 is 0 Å². The Kier molecular flexibility index (Phi) is 4.44. The summed E-state index contributed by atoms with van der Waals surface area (Å²) in [6, 6.07) is 6.47. The average Bonchev–Trinajstić information content (AvgIpc) is 2.94. The van der Waals surface area contributed by atoms with E-state index in [4.69, 9.17) is 14.0 Å². The molecule has 1 aromatic heterocycles. The summed E-state index contributed by atoms with van der Waals surface area (Å²) in [6.45, 7) is 1.55. The van der Waals surface area contributed by atoms with Crippen LogP contribution < -0.4 is 14.8 Å². The highest BCUT2D eigenvalue weighted by atomic mass is 16.5. The zero-order valence-electron chi connectivity index (χ0n) is 11.9. The summed E-state index contributed by atoms with van der Waals surface area (Å²) in [5, 5.41) is 15.6. The number of ether oxygens (including phenoxy) is 2. The third kappa shape index (κ3) is 3.14. The van der Waals surface area contributed by atoms with Gasteiger partial charge in [0.1, 0.15) is 22.8 Å². The van der Waals surface area contributed by atoms with Gasteiger partial charge in [0.15, 0.2) is 0 Å². The van der Waals surface area contributed by atoms with E-state index in [1.165, 1.54) is 20.3 Å². The van der Waals surface area contributed by atoms with Crippen LogP contribution in [-0.4, -0.2) is 30.4 Å². The summed E-state index contributed by atoms with van der Waals surface area (Å²) < 4.78 is 15.3. The van der Waals surface area contributed by atoms with Gasteiger partial charge in [-0.3, -0.25) is 10.1 Å². The summed E-state index contributed by atoms with van der Waals surface area (Å²) in [5.41, 5.74) is 0.579. The van der Waals surface area contributed by atoms with Crippen molar-refractivity contribution < 1.29 is 23.9 Å². The van der Waals surface area contributed by atoms with Gasteiger partial charge in [0.05, 0.1) is 20.3 Å². The van der Waals surface area contributed by atoms with Crippen molar-refractivity contribution in [2.24, 2.45) is 0 Å². The van der Waals surface area contributed by atoms with Crippen molar-refractivity contribution in [2.75, 3.05) is 19.5 Å². The van der Waals surface area contributed by atoms with E-state index >= 15 is 0 Å². The van der Waals surface area contributed by atoms with Crippen LogP contribution in [0, 0.1) is 0 Å². The van der Waals surface area contributed by atoms with Crippen molar-refractivity contribution in [2.45, 2.75) is 13.0 Å². The van der Waals surface area contributed by atoms with Crippen LogP contribution in [0.1, 0.15) is 29.1 Å². The van der Waals surface area contributed by atoms with Crippen molar-refractivity contribution in [3.63, 3.8) is 0 Å². The number of carbonyl (C=O) groups excluding carboxylic acids is 1. The van der Waals surface area contributed by atoms with Gasteiger partial charge in [-0.1, -0.05) is 11.2 Å². The van der Waals surface area contributed by atoms with Gasteiger partial charge in [-0.05, 0) is 19.1 Å². The zero-order valence-corrected chi connectivity index (χ0v) is 11.9. The van der Waals surface area contributed by atoms with Crippen molar-refractivity contribution in [1.29, 1.82) is 0 Å². The normalized spacial score (nSPS) is 11.8. The van der Waals surface area contributed by atoms with Crippen molar-refractivity contribution >= 4 is 11.8 Å². The minimum Gasteiger partial charge on any atom is -0.496 e. The molecule has 0 aliphatic carbocycles. The Morgan fingerprint density at radius 1 is 1.33 bits per heavy atom. The van der Waals surface area contributed by atoms with Gasteiger partial charge in [-0.2, -0.15) is 0 Å². The predicted molar refractivity (Wildman–Crippen MR) is 74.6 cm³/mol. The molecule has 1 aromatic carbocycles. The number of aliphatic hydroxyl groups is 1. The molecule has 0 fully saturated rings. The molecular weight excluding hydrogens is 276 g/mol. The fraction of sp³-hybridized carbons (Fsp3) is 0.286. The number of nitrogens with zero attached hydrogens (tertiary/aromatic N) is 1. The van der Waals surface area contributed by atoms with E-state index in [0.29, 0.717) is 17.2 Å². The molecule has 0 radical (unpaired) electrons. The van der Waals surface area contributed by atoms with Gasteiger partial charge in [-0.25, -0.2) is 0 Å². The largest absolute Gasteiger partial charge is 0.496 e. The third-order valence-corrected chi connectivity index (χ3v) is 2.85. The van der Waals surface area contributed by atoms with Crippen LogP contribution in [0.4, 0.5) is 5.88 Å². The predicted octanol–water partition coefficient (Wildman–Crippen LogP) is 2.00. The molecule has 21 heavy (non-hydrogen) atoms. The Morgan fingerprint density at radius 2 is 1.95 bits per heavy atom. The van der Waals surface area contributed by atoms with E-state index in [-0.39, 0.29) is 11.4 Å². The molecule has 0 bridgehead atoms. The summed E-state index contributed by atoms with van der Waals surface area (Å²) >= 11 is 0. The Morgan fingerprint density at radius 3 is 2.43 bits per heavy atom. The van der Waals surface area contributed by atoms with E-state index < -0.39 is 12.0 Å². The van der Waals surface area contributed by atoms with E-state index in [2.05, 4.69) is 10.5 Å². The second-order valence-electron chi connectivity index (χ2n) is 4.28. The first-order valence-electron chi connectivity index (χ1n) is 6.23. The Hall–Kier alpha value is -2.54. The number of hydrogen-bond acceptors (Lipinski definition) is 6. The lowest BCUT2D eigenvalue weighted by Crippen LogP contribution is -2.14. The highest BCUT2D eigenvalue weighted by Gasteiger charge is 2.20. The van der Waals surface area contributed by atoms with Gasteiger partial charge >= 0.3 is 0 Å². The molecule has 1 amide bonds. The molecule has 0 saturated heterocycles. The minimum atomic E-state index is -0.778. The van der Waals surface area contributed by atoms with E-state index in [1.807, 2.05) is 0 Å². The molecule has 2 N–H and O–H groups in total. The van der Waals surface area contributed by atoms with Gasteiger partial charge in [0.25, 0.3) is 5.91 Å². The van der Waals surface area contributed by atoms with Crippen LogP contribution in [0.25, 0.3) is 0 Å². The van der Waals surface area contributed by atoms with E-state index in [0.717, 1.165) is 0 Å². The lowest BCUT2D eigenvalue weighted by molar-refractivity contribution is 0.101. The number of methoxy groups -OCH3 is 2. The molecule has 0 spiro atoms. The van der Waals surface area contributed by atoms with Gasteiger partial charge in [-0.15, -0.1) is 0 Å². The highest BCUT2D eigenvalue weighted by molar-refractivity contribution is 6.07. The van der Waals surface area contributed by atoms with Crippen molar-refractivity contribution in [1.82, 2.24) is 5.16 Å². The number of hydrogen-bond donors (Lipinski definition) is 2. The lowest BCUT2D eigenvalue weighted by Gasteiger charge is -2.11. The van der Waals surface area contributed by atoms with Crippen molar-refractivity contribution in [3.05, 3.63) is 35.5 Å². The Labute approximate surface area is 121 Å². The minimum absolute atomic E-state index is 0.129. The van der Waals surface area contributed by atoms with E-state index in [9.17, 15) is 9.90 Å². The maximum absolute atomic E-state index is 12.3. The Balaban J connectivity index is 2.27. The molecule has 7 nitrogen and oxygen atoms in total. The molecule has 7 heteroatoms. The maximum atomic E-state index is 12.3. The number of rotatable bonds is 5. The molecule has 1 heterocycles. The SMILES string of the molecule is COc1cccc(OC)c1C(=O)Nc1cc(C(C)O)no1.